The molecule has 0 bridgehead atoms. The molecular weight excluding hydrogens is 311 g/mol. The molecule has 0 radical (unpaired) electrons. The van der Waals surface area contributed by atoms with E-state index in [-0.39, 0.29) is 11.8 Å². The highest BCUT2D eigenvalue weighted by atomic mass is 35.5. The lowest BCUT2D eigenvalue weighted by atomic mass is 10.2. The summed E-state index contributed by atoms with van der Waals surface area (Å²) in [6.07, 6.45) is 0. The van der Waals surface area contributed by atoms with E-state index in [1.807, 2.05) is 12.1 Å². The Morgan fingerprint density at radius 1 is 1.24 bits per heavy atom. The van der Waals surface area contributed by atoms with Crippen molar-refractivity contribution < 1.29 is 9.21 Å². The lowest BCUT2D eigenvalue weighted by Gasteiger charge is -2.01. The predicted octanol–water partition coefficient (Wildman–Crippen LogP) is 4.33. The van der Waals surface area contributed by atoms with E-state index in [0.717, 1.165) is 5.56 Å². The van der Waals surface area contributed by atoms with Gasteiger partial charge in [0.15, 0.2) is 5.58 Å². The van der Waals surface area contributed by atoms with Crippen molar-refractivity contribution in [3.63, 3.8) is 0 Å². The highest BCUT2D eigenvalue weighted by Crippen LogP contribution is 2.27. The summed E-state index contributed by atoms with van der Waals surface area (Å²) >= 11 is 11.4. The third kappa shape index (κ3) is 3.01. The summed E-state index contributed by atoms with van der Waals surface area (Å²) in [6.45, 7) is 0. The minimum atomic E-state index is -0.269. The fourth-order valence-electron chi connectivity index (χ4n) is 1.94. The second-order valence-corrected chi connectivity index (χ2v) is 5.10. The molecule has 106 valence electrons. The topological polar surface area (TPSA) is 55.1 Å². The van der Waals surface area contributed by atoms with E-state index in [4.69, 9.17) is 27.6 Å². The molecule has 0 saturated carbocycles. The van der Waals surface area contributed by atoms with E-state index >= 15 is 0 Å². The zero-order valence-corrected chi connectivity index (χ0v) is 12.3. The number of hydrogen-bond donors (Lipinski definition) is 1. The average Bonchev–Trinajstić information content (AvgIpc) is 2.90. The maximum absolute atomic E-state index is 11.3. The predicted molar refractivity (Wildman–Crippen MR) is 83.8 cm³/mol. The third-order valence-electron chi connectivity index (χ3n) is 2.86. The molecule has 3 rings (SSSR count). The van der Waals surface area contributed by atoms with Crippen LogP contribution in [0.2, 0.25) is 5.02 Å². The Morgan fingerprint density at radius 2 is 2.10 bits per heavy atom. The van der Waals surface area contributed by atoms with Crippen LogP contribution in [0.3, 0.4) is 0 Å². The van der Waals surface area contributed by atoms with Gasteiger partial charge in [0.2, 0.25) is 11.8 Å². The number of hydrogen-bond acceptors (Lipinski definition) is 3. The molecule has 0 spiro atoms. The zero-order chi connectivity index (χ0) is 14.8. The van der Waals surface area contributed by atoms with Crippen LogP contribution in [0.4, 0.5) is 5.69 Å². The van der Waals surface area contributed by atoms with Gasteiger partial charge in [-0.1, -0.05) is 17.7 Å². The number of benzene rings is 2. The van der Waals surface area contributed by atoms with Crippen molar-refractivity contribution >= 4 is 45.9 Å². The molecule has 2 aromatic carbocycles. The highest BCUT2D eigenvalue weighted by Gasteiger charge is 2.10. The van der Waals surface area contributed by atoms with Crippen molar-refractivity contribution in [3.8, 4) is 11.5 Å². The number of aromatic nitrogens is 1. The fraction of sp³-hybridized carbons (Fsp3) is 0.0667. The van der Waals surface area contributed by atoms with E-state index in [9.17, 15) is 4.79 Å². The summed E-state index contributed by atoms with van der Waals surface area (Å²) in [6, 6.07) is 12.5. The van der Waals surface area contributed by atoms with Crippen molar-refractivity contribution in [2.45, 2.75) is 0 Å². The van der Waals surface area contributed by atoms with Crippen molar-refractivity contribution in [1.82, 2.24) is 4.98 Å². The number of anilines is 1. The van der Waals surface area contributed by atoms with Crippen LogP contribution in [0.1, 0.15) is 0 Å². The molecule has 0 aliphatic heterocycles. The summed E-state index contributed by atoms with van der Waals surface area (Å²) in [4.78, 5) is 15.7. The summed E-state index contributed by atoms with van der Waals surface area (Å²) in [5, 5.41) is 3.28. The first kappa shape index (κ1) is 13.9. The van der Waals surface area contributed by atoms with Gasteiger partial charge in [-0.2, -0.15) is 0 Å². The number of oxazole rings is 1. The number of alkyl halides is 1. The minimum Gasteiger partial charge on any atom is -0.436 e. The Morgan fingerprint density at radius 3 is 2.86 bits per heavy atom. The van der Waals surface area contributed by atoms with Crippen LogP contribution in [0.25, 0.3) is 22.6 Å². The lowest BCUT2D eigenvalue weighted by molar-refractivity contribution is -0.113. The first-order valence-electron chi connectivity index (χ1n) is 6.18. The Hall–Kier alpha value is -2.04. The zero-order valence-electron chi connectivity index (χ0n) is 10.8. The number of carbonyl (C=O) groups is 1. The highest BCUT2D eigenvalue weighted by molar-refractivity contribution is 6.30. The molecule has 0 atom stereocenters. The Bertz CT molecular complexity index is 814. The maximum atomic E-state index is 11.3. The molecule has 1 amide bonds. The number of nitrogens with one attached hydrogen (secondary N) is 1. The Labute approximate surface area is 130 Å². The molecule has 1 N–H and O–H groups in total. The van der Waals surface area contributed by atoms with Crippen LogP contribution < -0.4 is 5.32 Å². The van der Waals surface area contributed by atoms with Crippen molar-refractivity contribution in [1.29, 1.82) is 0 Å². The van der Waals surface area contributed by atoms with Crippen molar-refractivity contribution in [3.05, 3.63) is 47.5 Å². The standard InChI is InChI=1S/C15H10Cl2N2O2/c16-8-14(20)18-11-4-5-13-12(7-11)19-15(21-13)9-2-1-3-10(17)6-9/h1-7H,8H2,(H,18,20). The lowest BCUT2D eigenvalue weighted by Crippen LogP contribution is -2.12. The number of nitrogens with zero attached hydrogens (tertiary/aromatic N) is 1. The van der Waals surface area contributed by atoms with Crippen LogP contribution in [0.5, 0.6) is 0 Å². The van der Waals surface area contributed by atoms with E-state index < -0.39 is 0 Å². The van der Waals surface area contributed by atoms with E-state index in [1.54, 1.807) is 30.3 Å². The summed E-state index contributed by atoms with van der Waals surface area (Å²) in [5.41, 5.74) is 2.70. The largest absolute Gasteiger partial charge is 0.436 e. The van der Waals surface area contributed by atoms with E-state index in [1.165, 1.54) is 0 Å². The van der Waals surface area contributed by atoms with Gasteiger partial charge in [0, 0.05) is 16.3 Å². The summed E-state index contributed by atoms with van der Waals surface area (Å²) < 4.78 is 5.69. The minimum absolute atomic E-state index is 0.0926. The van der Waals surface area contributed by atoms with Crippen LogP contribution in [-0.4, -0.2) is 16.8 Å². The average molecular weight is 321 g/mol. The van der Waals surface area contributed by atoms with Crippen LogP contribution in [0.15, 0.2) is 46.9 Å². The molecule has 1 aromatic heterocycles. The van der Waals surface area contributed by atoms with E-state index in [2.05, 4.69) is 10.3 Å². The molecule has 0 unspecified atom stereocenters. The summed E-state index contributed by atoms with van der Waals surface area (Å²) in [5.74, 6) is 0.118. The van der Waals surface area contributed by atoms with Gasteiger partial charge in [-0.05, 0) is 36.4 Å². The van der Waals surface area contributed by atoms with Gasteiger partial charge in [-0.15, -0.1) is 11.6 Å². The quantitative estimate of drug-likeness (QED) is 0.731. The maximum Gasteiger partial charge on any atom is 0.239 e. The smallest absolute Gasteiger partial charge is 0.239 e. The summed E-state index contributed by atoms with van der Waals surface area (Å²) in [7, 11) is 0. The monoisotopic (exact) mass is 320 g/mol. The number of carbonyl (C=O) groups excluding carboxylic acids is 1. The molecular formula is C15H10Cl2N2O2. The van der Waals surface area contributed by atoms with Crippen LogP contribution in [0, 0.1) is 0 Å². The molecule has 1 heterocycles. The third-order valence-corrected chi connectivity index (χ3v) is 3.34. The Kier molecular flexibility index (Phi) is 3.82. The number of halogens is 2. The number of fused-ring (bicyclic) bond motifs is 1. The second kappa shape index (κ2) is 5.76. The fourth-order valence-corrected chi connectivity index (χ4v) is 2.20. The second-order valence-electron chi connectivity index (χ2n) is 4.39. The van der Waals surface area contributed by atoms with Gasteiger partial charge >= 0.3 is 0 Å². The first-order valence-corrected chi connectivity index (χ1v) is 7.09. The van der Waals surface area contributed by atoms with Gasteiger partial charge in [0.1, 0.15) is 11.4 Å². The van der Waals surface area contributed by atoms with Gasteiger partial charge in [0.05, 0.1) is 0 Å². The molecule has 4 nitrogen and oxygen atoms in total. The Balaban J connectivity index is 1.98. The van der Waals surface area contributed by atoms with Crippen molar-refractivity contribution in [2.24, 2.45) is 0 Å². The van der Waals surface area contributed by atoms with Crippen molar-refractivity contribution in [2.75, 3.05) is 11.2 Å². The number of rotatable bonds is 3. The van der Waals surface area contributed by atoms with Gasteiger partial charge in [-0.3, -0.25) is 4.79 Å². The molecule has 21 heavy (non-hydrogen) atoms. The first-order chi connectivity index (χ1) is 10.2. The van der Waals surface area contributed by atoms with Gasteiger partial charge in [0.25, 0.3) is 0 Å². The van der Waals surface area contributed by atoms with E-state index in [0.29, 0.717) is 27.7 Å². The molecule has 0 saturated heterocycles. The van der Waals surface area contributed by atoms with Crippen LogP contribution in [-0.2, 0) is 4.79 Å². The molecule has 0 aliphatic rings. The molecule has 0 fully saturated rings. The molecule has 3 aromatic rings. The molecule has 0 aliphatic carbocycles. The number of amides is 1. The SMILES string of the molecule is O=C(CCl)Nc1ccc2oc(-c3cccc(Cl)c3)nc2c1. The van der Waals surface area contributed by atoms with Gasteiger partial charge < -0.3 is 9.73 Å². The van der Waals surface area contributed by atoms with Gasteiger partial charge in [-0.25, -0.2) is 4.98 Å². The molecule has 6 heteroatoms. The normalized spacial score (nSPS) is 10.8. The van der Waals surface area contributed by atoms with Crippen LogP contribution >= 0.6 is 23.2 Å².